The normalized spacial score (nSPS) is 19.9. The smallest absolute Gasteiger partial charge is 0.119 e. The van der Waals surface area contributed by atoms with E-state index in [-0.39, 0.29) is 0 Å². The fourth-order valence-corrected chi connectivity index (χ4v) is 1.38. The lowest BCUT2D eigenvalue weighted by Gasteiger charge is -2.04. The Balaban J connectivity index is 2.02. The Hall–Kier alpha value is -1.02. The first-order chi connectivity index (χ1) is 6.38. The highest BCUT2D eigenvalue weighted by molar-refractivity contribution is 5.29. The van der Waals surface area contributed by atoms with Crippen molar-refractivity contribution in [2.75, 3.05) is 13.2 Å². The third-order valence-corrected chi connectivity index (χ3v) is 2.08. The molecule has 1 heterocycles. The second-order valence-corrected chi connectivity index (χ2v) is 3.24. The van der Waals surface area contributed by atoms with Crippen LogP contribution in [0, 0.1) is 0 Å². The zero-order chi connectivity index (χ0) is 9.10. The molecule has 1 aromatic rings. The van der Waals surface area contributed by atoms with Crippen LogP contribution in [-0.2, 0) is 11.2 Å². The molecule has 2 rings (SSSR count). The molecule has 1 aliphatic heterocycles. The first-order valence-corrected chi connectivity index (χ1v) is 4.72. The molecule has 0 aromatic heterocycles. The van der Waals surface area contributed by atoms with Crippen molar-refractivity contribution in [1.29, 1.82) is 0 Å². The topological polar surface area (TPSA) is 21.8 Å². The van der Waals surface area contributed by atoms with Gasteiger partial charge in [-0.25, -0.2) is 0 Å². The molecule has 0 aliphatic carbocycles. The zero-order valence-corrected chi connectivity index (χ0v) is 7.82. The second-order valence-electron chi connectivity index (χ2n) is 3.24. The number of benzene rings is 1. The highest BCUT2D eigenvalue weighted by atomic mass is 16.6. The number of rotatable bonds is 4. The molecule has 1 saturated heterocycles. The van der Waals surface area contributed by atoms with Gasteiger partial charge in [0.25, 0.3) is 0 Å². The van der Waals surface area contributed by atoms with Crippen molar-refractivity contribution in [2.24, 2.45) is 0 Å². The van der Waals surface area contributed by atoms with Crippen molar-refractivity contribution < 1.29 is 9.47 Å². The Morgan fingerprint density at radius 3 is 3.08 bits per heavy atom. The standard InChI is InChI=1S/C11H14O2/c1-2-12-10-5-3-4-9(6-10)7-11-8-13-11/h3-6,11H,2,7-8H2,1H3. The van der Waals surface area contributed by atoms with E-state index >= 15 is 0 Å². The summed E-state index contributed by atoms with van der Waals surface area (Å²) in [7, 11) is 0. The molecule has 0 saturated carbocycles. The largest absolute Gasteiger partial charge is 0.494 e. The van der Waals surface area contributed by atoms with Crippen LogP contribution in [0.15, 0.2) is 24.3 Å². The van der Waals surface area contributed by atoms with Gasteiger partial charge >= 0.3 is 0 Å². The van der Waals surface area contributed by atoms with Gasteiger partial charge in [0.1, 0.15) is 5.75 Å². The highest BCUT2D eigenvalue weighted by Gasteiger charge is 2.22. The summed E-state index contributed by atoms with van der Waals surface area (Å²) in [5, 5.41) is 0. The van der Waals surface area contributed by atoms with Crippen LogP contribution >= 0.6 is 0 Å². The predicted octanol–water partition coefficient (Wildman–Crippen LogP) is 2.03. The quantitative estimate of drug-likeness (QED) is 0.658. The van der Waals surface area contributed by atoms with Crippen LogP contribution in [0.5, 0.6) is 5.75 Å². The molecule has 1 aromatic carbocycles. The molecule has 1 fully saturated rings. The summed E-state index contributed by atoms with van der Waals surface area (Å²) in [4.78, 5) is 0. The number of ether oxygens (including phenoxy) is 2. The minimum atomic E-state index is 0.455. The van der Waals surface area contributed by atoms with E-state index in [1.807, 2.05) is 19.1 Å². The lowest BCUT2D eigenvalue weighted by molar-refractivity contribution is 0.339. The maximum atomic E-state index is 5.41. The van der Waals surface area contributed by atoms with Crippen LogP contribution in [0.3, 0.4) is 0 Å². The van der Waals surface area contributed by atoms with E-state index in [9.17, 15) is 0 Å². The van der Waals surface area contributed by atoms with Crippen molar-refractivity contribution in [2.45, 2.75) is 19.4 Å². The number of hydrogen-bond donors (Lipinski definition) is 0. The van der Waals surface area contributed by atoms with E-state index in [4.69, 9.17) is 9.47 Å². The molecular weight excluding hydrogens is 164 g/mol. The Bertz CT molecular complexity index is 279. The highest BCUT2D eigenvalue weighted by Crippen LogP contribution is 2.19. The fraction of sp³-hybridized carbons (Fsp3) is 0.455. The van der Waals surface area contributed by atoms with Gasteiger partial charge in [-0.3, -0.25) is 0 Å². The summed E-state index contributed by atoms with van der Waals surface area (Å²) in [6, 6.07) is 8.22. The van der Waals surface area contributed by atoms with Crippen LogP contribution in [0.4, 0.5) is 0 Å². The minimum absolute atomic E-state index is 0.455. The van der Waals surface area contributed by atoms with Gasteiger partial charge in [-0.1, -0.05) is 12.1 Å². The maximum Gasteiger partial charge on any atom is 0.119 e. The van der Waals surface area contributed by atoms with Gasteiger partial charge < -0.3 is 9.47 Å². The molecule has 2 nitrogen and oxygen atoms in total. The van der Waals surface area contributed by atoms with Crippen LogP contribution in [0.2, 0.25) is 0 Å². The molecule has 1 aliphatic rings. The summed E-state index contributed by atoms with van der Waals surface area (Å²) in [6.07, 6.45) is 1.47. The summed E-state index contributed by atoms with van der Waals surface area (Å²) in [5.41, 5.74) is 1.30. The first kappa shape index (κ1) is 8.57. The number of epoxide rings is 1. The van der Waals surface area contributed by atoms with E-state index < -0.39 is 0 Å². The molecular formula is C11H14O2. The van der Waals surface area contributed by atoms with Gasteiger partial charge in [0.05, 0.1) is 19.3 Å². The van der Waals surface area contributed by atoms with Crippen LogP contribution < -0.4 is 4.74 Å². The molecule has 0 spiro atoms. The second kappa shape index (κ2) is 3.79. The Morgan fingerprint density at radius 2 is 2.38 bits per heavy atom. The Labute approximate surface area is 78.5 Å². The molecule has 13 heavy (non-hydrogen) atoms. The average molecular weight is 178 g/mol. The molecule has 0 amide bonds. The van der Waals surface area contributed by atoms with Crippen molar-refractivity contribution in [3.8, 4) is 5.75 Å². The third-order valence-electron chi connectivity index (χ3n) is 2.08. The molecule has 1 unspecified atom stereocenters. The molecule has 70 valence electrons. The van der Waals surface area contributed by atoms with Crippen molar-refractivity contribution in [3.05, 3.63) is 29.8 Å². The fourth-order valence-electron chi connectivity index (χ4n) is 1.38. The predicted molar refractivity (Wildman–Crippen MR) is 51.1 cm³/mol. The Morgan fingerprint density at radius 1 is 1.54 bits per heavy atom. The van der Waals surface area contributed by atoms with E-state index in [1.54, 1.807) is 0 Å². The first-order valence-electron chi connectivity index (χ1n) is 4.72. The van der Waals surface area contributed by atoms with Gasteiger partial charge in [-0.2, -0.15) is 0 Å². The van der Waals surface area contributed by atoms with E-state index in [0.717, 1.165) is 25.4 Å². The Kier molecular flexibility index (Phi) is 2.50. The van der Waals surface area contributed by atoms with Gasteiger partial charge in [-0.15, -0.1) is 0 Å². The maximum absolute atomic E-state index is 5.41. The van der Waals surface area contributed by atoms with Gasteiger partial charge in [-0.05, 0) is 24.6 Å². The summed E-state index contributed by atoms with van der Waals surface area (Å²) in [5.74, 6) is 0.959. The van der Waals surface area contributed by atoms with Gasteiger partial charge in [0, 0.05) is 6.42 Å². The van der Waals surface area contributed by atoms with Crippen molar-refractivity contribution in [3.63, 3.8) is 0 Å². The molecule has 0 bridgehead atoms. The average Bonchev–Trinajstić information content (AvgIpc) is 2.90. The minimum Gasteiger partial charge on any atom is -0.494 e. The lowest BCUT2D eigenvalue weighted by atomic mass is 10.1. The van der Waals surface area contributed by atoms with Gasteiger partial charge in [0.15, 0.2) is 0 Å². The zero-order valence-electron chi connectivity index (χ0n) is 7.82. The van der Waals surface area contributed by atoms with Crippen LogP contribution in [0.1, 0.15) is 12.5 Å². The molecule has 0 N–H and O–H groups in total. The summed E-state index contributed by atoms with van der Waals surface area (Å²) < 4.78 is 10.6. The molecule has 0 radical (unpaired) electrons. The van der Waals surface area contributed by atoms with Gasteiger partial charge in [0.2, 0.25) is 0 Å². The summed E-state index contributed by atoms with van der Waals surface area (Å²) in [6.45, 7) is 3.64. The van der Waals surface area contributed by atoms with E-state index in [2.05, 4.69) is 12.1 Å². The van der Waals surface area contributed by atoms with Crippen molar-refractivity contribution in [1.82, 2.24) is 0 Å². The monoisotopic (exact) mass is 178 g/mol. The SMILES string of the molecule is CCOc1cccc(CC2CO2)c1. The van der Waals surface area contributed by atoms with E-state index in [1.165, 1.54) is 5.56 Å². The van der Waals surface area contributed by atoms with Crippen molar-refractivity contribution >= 4 is 0 Å². The molecule has 1 atom stereocenters. The van der Waals surface area contributed by atoms with E-state index in [0.29, 0.717) is 6.10 Å². The lowest BCUT2D eigenvalue weighted by Crippen LogP contribution is -1.95. The number of hydrogen-bond acceptors (Lipinski definition) is 2. The summed E-state index contributed by atoms with van der Waals surface area (Å²) >= 11 is 0. The molecule has 2 heteroatoms. The van der Waals surface area contributed by atoms with Crippen LogP contribution in [0.25, 0.3) is 0 Å². The third kappa shape index (κ3) is 2.46. The van der Waals surface area contributed by atoms with Crippen LogP contribution in [-0.4, -0.2) is 19.3 Å².